The highest BCUT2D eigenvalue weighted by atomic mass is 19.1. The monoisotopic (exact) mass is 287 g/mol. The maximum Gasteiger partial charge on any atom is 0.131 e. The molecule has 1 aliphatic heterocycles. The number of methoxy groups -OCH3 is 1. The summed E-state index contributed by atoms with van der Waals surface area (Å²) in [6.07, 6.45) is 0. The van der Waals surface area contributed by atoms with Crippen molar-refractivity contribution in [3.8, 4) is 11.5 Å². The van der Waals surface area contributed by atoms with Gasteiger partial charge in [0.2, 0.25) is 0 Å². The molecule has 3 nitrogen and oxygen atoms in total. The van der Waals surface area contributed by atoms with Gasteiger partial charge in [-0.1, -0.05) is 18.2 Å². The van der Waals surface area contributed by atoms with Gasteiger partial charge in [0.1, 0.15) is 23.9 Å². The summed E-state index contributed by atoms with van der Waals surface area (Å²) in [4.78, 5) is 2.19. The van der Waals surface area contributed by atoms with E-state index in [2.05, 4.69) is 4.90 Å². The highest BCUT2D eigenvalue weighted by Gasteiger charge is 2.18. The van der Waals surface area contributed by atoms with E-state index in [0.717, 1.165) is 18.8 Å². The van der Waals surface area contributed by atoms with Gasteiger partial charge in [0, 0.05) is 25.2 Å². The summed E-state index contributed by atoms with van der Waals surface area (Å²) in [6.45, 7) is 2.68. The Bertz CT molecular complexity index is 613. The highest BCUT2D eigenvalue weighted by molar-refractivity contribution is 5.35. The Balaban J connectivity index is 1.75. The maximum absolute atomic E-state index is 13.9. The average Bonchev–Trinajstić information content (AvgIpc) is 2.71. The summed E-state index contributed by atoms with van der Waals surface area (Å²) >= 11 is 0. The van der Waals surface area contributed by atoms with Crippen LogP contribution in [0, 0.1) is 5.82 Å². The second-order valence-electron chi connectivity index (χ2n) is 5.12. The Morgan fingerprint density at radius 1 is 1.19 bits per heavy atom. The van der Waals surface area contributed by atoms with Crippen LogP contribution in [0.15, 0.2) is 42.5 Å². The van der Waals surface area contributed by atoms with E-state index in [0.29, 0.717) is 24.5 Å². The van der Waals surface area contributed by atoms with Crippen LogP contribution in [0.1, 0.15) is 11.1 Å². The van der Waals surface area contributed by atoms with Crippen LogP contribution in [0.5, 0.6) is 11.5 Å². The molecule has 0 atom stereocenters. The number of hydrogen-bond donors (Lipinski definition) is 0. The first-order chi connectivity index (χ1) is 10.3. The van der Waals surface area contributed by atoms with Crippen LogP contribution in [0.4, 0.5) is 4.39 Å². The molecule has 0 unspecified atom stereocenters. The van der Waals surface area contributed by atoms with Crippen molar-refractivity contribution in [2.75, 3.05) is 20.3 Å². The number of benzene rings is 2. The van der Waals surface area contributed by atoms with Crippen molar-refractivity contribution in [3.05, 3.63) is 59.4 Å². The summed E-state index contributed by atoms with van der Waals surface area (Å²) in [7, 11) is 1.65. The summed E-state index contributed by atoms with van der Waals surface area (Å²) in [5.41, 5.74) is 1.82. The molecular formula is C17H18FNO2. The van der Waals surface area contributed by atoms with Gasteiger partial charge < -0.3 is 9.47 Å². The van der Waals surface area contributed by atoms with Gasteiger partial charge in [-0.15, -0.1) is 0 Å². The molecule has 2 aromatic rings. The first kappa shape index (κ1) is 13.9. The van der Waals surface area contributed by atoms with E-state index < -0.39 is 0 Å². The van der Waals surface area contributed by atoms with Crippen LogP contribution in [0.25, 0.3) is 0 Å². The number of ether oxygens (including phenoxy) is 2. The van der Waals surface area contributed by atoms with Gasteiger partial charge in [-0.05, 0) is 29.8 Å². The molecule has 0 aliphatic carbocycles. The van der Waals surface area contributed by atoms with Crippen molar-refractivity contribution in [1.29, 1.82) is 0 Å². The van der Waals surface area contributed by atoms with E-state index in [1.54, 1.807) is 13.2 Å². The van der Waals surface area contributed by atoms with Crippen LogP contribution in [0.3, 0.4) is 0 Å². The van der Waals surface area contributed by atoms with E-state index in [-0.39, 0.29) is 5.82 Å². The zero-order chi connectivity index (χ0) is 14.7. The fourth-order valence-corrected chi connectivity index (χ4v) is 2.54. The molecule has 3 rings (SSSR count). The lowest BCUT2D eigenvalue weighted by molar-refractivity contribution is 0.219. The number of fused-ring (bicyclic) bond motifs is 1. The minimum absolute atomic E-state index is 0.200. The van der Waals surface area contributed by atoms with Gasteiger partial charge in [-0.2, -0.15) is 0 Å². The van der Waals surface area contributed by atoms with Crippen LogP contribution in [-0.4, -0.2) is 25.2 Å². The van der Waals surface area contributed by atoms with Crippen molar-refractivity contribution in [2.45, 2.75) is 13.1 Å². The van der Waals surface area contributed by atoms with Crippen molar-refractivity contribution in [3.63, 3.8) is 0 Å². The normalized spacial score (nSPS) is 15.0. The summed E-state index contributed by atoms with van der Waals surface area (Å²) in [5.74, 6) is 1.30. The van der Waals surface area contributed by atoms with Crippen molar-refractivity contribution < 1.29 is 13.9 Å². The van der Waals surface area contributed by atoms with Crippen molar-refractivity contribution >= 4 is 0 Å². The van der Waals surface area contributed by atoms with Gasteiger partial charge in [0.15, 0.2) is 0 Å². The maximum atomic E-state index is 13.9. The molecule has 4 heteroatoms. The van der Waals surface area contributed by atoms with E-state index in [1.807, 2.05) is 30.3 Å². The molecule has 1 aliphatic rings. The minimum atomic E-state index is -0.200. The zero-order valence-corrected chi connectivity index (χ0v) is 12.0. The zero-order valence-electron chi connectivity index (χ0n) is 12.0. The second-order valence-corrected chi connectivity index (χ2v) is 5.12. The Morgan fingerprint density at radius 3 is 2.76 bits per heavy atom. The predicted molar refractivity (Wildman–Crippen MR) is 79.0 cm³/mol. The molecule has 0 aromatic heterocycles. The van der Waals surface area contributed by atoms with Gasteiger partial charge in [0.25, 0.3) is 0 Å². The lowest BCUT2D eigenvalue weighted by Crippen LogP contribution is -2.25. The fourth-order valence-electron chi connectivity index (χ4n) is 2.54. The number of hydrogen-bond acceptors (Lipinski definition) is 3. The third kappa shape index (κ3) is 3.16. The van der Waals surface area contributed by atoms with Crippen molar-refractivity contribution in [2.24, 2.45) is 0 Å². The van der Waals surface area contributed by atoms with Crippen LogP contribution in [0.2, 0.25) is 0 Å². The molecule has 1 heterocycles. The molecule has 21 heavy (non-hydrogen) atoms. The smallest absolute Gasteiger partial charge is 0.131 e. The van der Waals surface area contributed by atoms with E-state index >= 15 is 0 Å². The first-order valence-corrected chi connectivity index (χ1v) is 7.02. The van der Waals surface area contributed by atoms with E-state index in [9.17, 15) is 4.39 Å². The lowest BCUT2D eigenvalue weighted by atomic mass is 10.1. The average molecular weight is 287 g/mol. The molecule has 0 saturated heterocycles. The molecule has 2 aromatic carbocycles. The molecule has 0 spiro atoms. The first-order valence-electron chi connectivity index (χ1n) is 7.02. The lowest BCUT2D eigenvalue weighted by Gasteiger charge is -2.19. The Morgan fingerprint density at radius 2 is 2.00 bits per heavy atom. The third-order valence-electron chi connectivity index (χ3n) is 3.69. The molecule has 0 saturated carbocycles. The number of nitrogens with zero attached hydrogens (tertiary/aromatic N) is 1. The summed E-state index contributed by atoms with van der Waals surface area (Å²) in [5, 5.41) is 0. The molecule has 0 radical (unpaired) electrons. The number of rotatable bonds is 3. The summed E-state index contributed by atoms with van der Waals surface area (Å²) in [6, 6.07) is 13.0. The molecule has 0 bridgehead atoms. The Hall–Kier alpha value is -2.07. The second kappa shape index (κ2) is 6.14. The van der Waals surface area contributed by atoms with Crippen LogP contribution >= 0.6 is 0 Å². The quantitative estimate of drug-likeness (QED) is 0.865. The largest absolute Gasteiger partial charge is 0.497 e. The van der Waals surface area contributed by atoms with Gasteiger partial charge in [-0.25, -0.2) is 4.39 Å². The third-order valence-corrected chi connectivity index (χ3v) is 3.69. The summed E-state index contributed by atoms with van der Waals surface area (Å²) < 4.78 is 24.7. The van der Waals surface area contributed by atoms with Crippen LogP contribution in [-0.2, 0) is 13.1 Å². The predicted octanol–water partition coefficient (Wildman–Crippen LogP) is 3.23. The van der Waals surface area contributed by atoms with E-state index in [4.69, 9.17) is 9.47 Å². The molecule has 0 amide bonds. The SMILES string of the molecule is COc1ccc(CN2CCOc3cccc(F)c3C2)cc1. The van der Waals surface area contributed by atoms with Gasteiger partial charge in [0.05, 0.1) is 7.11 Å². The highest BCUT2D eigenvalue weighted by Crippen LogP contribution is 2.26. The van der Waals surface area contributed by atoms with Gasteiger partial charge >= 0.3 is 0 Å². The number of halogens is 1. The molecule has 110 valence electrons. The van der Waals surface area contributed by atoms with Crippen LogP contribution < -0.4 is 9.47 Å². The Labute approximate surface area is 123 Å². The molecule has 0 fully saturated rings. The Kier molecular flexibility index (Phi) is 4.06. The standard InChI is InChI=1S/C17H18FNO2/c1-20-14-7-5-13(6-8-14)11-19-9-10-21-17-4-2-3-16(18)15(17)12-19/h2-8H,9-12H2,1H3. The van der Waals surface area contributed by atoms with E-state index in [1.165, 1.54) is 11.6 Å². The molecular weight excluding hydrogens is 269 g/mol. The topological polar surface area (TPSA) is 21.7 Å². The molecule has 0 N–H and O–H groups in total. The minimum Gasteiger partial charge on any atom is -0.497 e. The van der Waals surface area contributed by atoms with Crippen molar-refractivity contribution in [1.82, 2.24) is 4.90 Å². The van der Waals surface area contributed by atoms with Gasteiger partial charge in [-0.3, -0.25) is 4.90 Å². The fraction of sp³-hybridized carbons (Fsp3) is 0.294.